The van der Waals surface area contributed by atoms with Gasteiger partial charge < -0.3 is 5.32 Å². The molecule has 0 radical (unpaired) electrons. The van der Waals surface area contributed by atoms with Gasteiger partial charge in [-0.1, -0.05) is 11.6 Å². The maximum atomic E-state index is 5.71. The van der Waals surface area contributed by atoms with E-state index in [0.717, 1.165) is 6.42 Å². The highest BCUT2D eigenvalue weighted by Gasteiger charge is 2.05. The zero-order valence-electron chi connectivity index (χ0n) is 8.85. The number of nitrogens with zero attached hydrogens (tertiary/aromatic N) is 2. The summed E-state index contributed by atoms with van der Waals surface area (Å²) >= 11 is 7.43. The van der Waals surface area contributed by atoms with Gasteiger partial charge in [0.2, 0.25) is 5.95 Å². The number of hydrogen-bond acceptors (Lipinski definition) is 4. The van der Waals surface area contributed by atoms with Crippen molar-refractivity contribution in [3.63, 3.8) is 0 Å². The molecule has 2 rings (SSSR count). The summed E-state index contributed by atoms with van der Waals surface area (Å²) < 4.78 is 0. The molecule has 1 atom stereocenters. The van der Waals surface area contributed by atoms with Gasteiger partial charge in [-0.25, -0.2) is 9.97 Å². The number of aromatic nitrogens is 2. The van der Waals surface area contributed by atoms with E-state index in [1.807, 2.05) is 0 Å². The monoisotopic (exact) mass is 253 g/mol. The highest BCUT2D eigenvalue weighted by molar-refractivity contribution is 7.07. The Morgan fingerprint density at radius 1 is 1.44 bits per heavy atom. The van der Waals surface area contributed by atoms with Crippen molar-refractivity contribution in [1.29, 1.82) is 0 Å². The van der Waals surface area contributed by atoms with Gasteiger partial charge in [0.25, 0.3) is 0 Å². The van der Waals surface area contributed by atoms with Crippen LogP contribution in [-0.4, -0.2) is 16.0 Å². The van der Waals surface area contributed by atoms with Crippen LogP contribution in [-0.2, 0) is 6.42 Å². The molecule has 16 heavy (non-hydrogen) atoms. The van der Waals surface area contributed by atoms with Gasteiger partial charge in [0.15, 0.2) is 0 Å². The molecular weight excluding hydrogens is 242 g/mol. The Morgan fingerprint density at radius 2 is 2.19 bits per heavy atom. The molecule has 84 valence electrons. The Labute approximate surface area is 104 Å². The summed E-state index contributed by atoms with van der Waals surface area (Å²) in [5.74, 6) is 0.618. The number of thiophene rings is 1. The minimum absolute atomic E-state index is 0.302. The number of rotatable bonds is 4. The lowest BCUT2D eigenvalue weighted by atomic mass is 10.1. The second kappa shape index (κ2) is 5.27. The van der Waals surface area contributed by atoms with Crippen LogP contribution in [0.4, 0.5) is 5.95 Å². The van der Waals surface area contributed by atoms with Gasteiger partial charge in [0, 0.05) is 6.04 Å². The third-order valence-electron chi connectivity index (χ3n) is 2.12. The van der Waals surface area contributed by atoms with Crippen LogP contribution in [0.2, 0.25) is 5.02 Å². The number of hydrogen-bond donors (Lipinski definition) is 1. The normalized spacial score (nSPS) is 12.4. The highest BCUT2D eigenvalue weighted by atomic mass is 35.5. The lowest BCUT2D eigenvalue weighted by Crippen LogP contribution is -2.19. The maximum absolute atomic E-state index is 5.71. The van der Waals surface area contributed by atoms with Crippen molar-refractivity contribution in [1.82, 2.24) is 9.97 Å². The van der Waals surface area contributed by atoms with E-state index in [0.29, 0.717) is 17.0 Å². The molecule has 2 aromatic heterocycles. The van der Waals surface area contributed by atoms with Crippen LogP contribution < -0.4 is 5.32 Å². The third-order valence-corrected chi connectivity index (χ3v) is 3.05. The van der Waals surface area contributed by atoms with Crippen molar-refractivity contribution in [3.8, 4) is 0 Å². The second-order valence-corrected chi connectivity index (χ2v) is 4.82. The zero-order valence-corrected chi connectivity index (χ0v) is 10.4. The minimum atomic E-state index is 0.302. The predicted octanol–water partition coefficient (Wildman–Crippen LogP) is 3.23. The first-order valence-corrected chi connectivity index (χ1v) is 6.31. The summed E-state index contributed by atoms with van der Waals surface area (Å²) in [6.07, 6.45) is 4.15. The fourth-order valence-electron chi connectivity index (χ4n) is 1.42. The predicted molar refractivity (Wildman–Crippen MR) is 68.1 cm³/mol. The number of nitrogens with one attached hydrogen (secondary N) is 1. The van der Waals surface area contributed by atoms with Crippen molar-refractivity contribution in [2.45, 2.75) is 19.4 Å². The fraction of sp³-hybridized carbons (Fsp3) is 0.273. The van der Waals surface area contributed by atoms with Crippen molar-refractivity contribution >= 4 is 28.9 Å². The SMILES string of the molecule is CC(Cc1ccsc1)Nc1ncc(Cl)cn1. The van der Waals surface area contributed by atoms with Crippen LogP contribution >= 0.6 is 22.9 Å². The third kappa shape index (κ3) is 3.18. The van der Waals surface area contributed by atoms with E-state index in [4.69, 9.17) is 11.6 Å². The molecule has 0 spiro atoms. The molecular formula is C11H12ClN3S. The summed E-state index contributed by atoms with van der Waals surface area (Å²) in [6, 6.07) is 2.43. The molecule has 0 aliphatic heterocycles. The molecule has 2 heterocycles. The van der Waals surface area contributed by atoms with E-state index in [9.17, 15) is 0 Å². The van der Waals surface area contributed by atoms with Crippen molar-refractivity contribution in [2.75, 3.05) is 5.32 Å². The van der Waals surface area contributed by atoms with Crippen LogP contribution in [0.1, 0.15) is 12.5 Å². The molecule has 0 aliphatic carbocycles. The fourth-order valence-corrected chi connectivity index (χ4v) is 2.20. The van der Waals surface area contributed by atoms with E-state index < -0.39 is 0 Å². The van der Waals surface area contributed by atoms with Crippen LogP contribution in [0, 0.1) is 0 Å². The van der Waals surface area contributed by atoms with E-state index in [1.54, 1.807) is 23.7 Å². The first-order chi connectivity index (χ1) is 7.74. The zero-order chi connectivity index (χ0) is 11.4. The van der Waals surface area contributed by atoms with Crippen LogP contribution in [0.15, 0.2) is 29.2 Å². The molecule has 1 N–H and O–H groups in total. The Balaban J connectivity index is 1.92. The lowest BCUT2D eigenvalue weighted by Gasteiger charge is -2.12. The Bertz CT molecular complexity index is 427. The number of halogens is 1. The largest absolute Gasteiger partial charge is 0.351 e. The molecule has 1 unspecified atom stereocenters. The van der Waals surface area contributed by atoms with Gasteiger partial charge in [-0.2, -0.15) is 11.3 Å². The van der Waals surface area contributed by atoms with Gasteiger partial charge in [0.1, 0.15) is 0 Å². The van der Waals surface area contributed by atoms with Gasteiger partial charge in [-0.05, 0) is 35.7 Å². The average Bonchev–Trinajstić information content (AvgIpc) is 2.74. The number of anilines is 1. The van der Waals surface area contributed by atoms with E-state index in [2.05, 4.69) is 39.0 Å². The maximum Gasteiger partial charge on any atom is 0.222 e. The molecule has 2 aromatic rings. The highest BCUT2D eigenvalue weighted by Crippen LogP contribution is 2.11. The summed E-state index contributed by atoms with van der Waals surface area (Å²) in [4.78, 5) is 8.19. The van der Waals surface area contributed by atoms with Crippen LogP contribution in [0.5, 0.6) is 0 Å². The minimum Gasteiger partial charge on any atom is -0.351 e. The standard InChI is InChI=1S/C11H12ClN3S/c1-8(4-9-2-3-16-7-9)15-11-13-5-10(12)6-14-11/h2-3,5-8H,4H2,1H3,(H,13,14,15). The average molecular weight is 254 g/mol. The molecule has 0 bridgehead atoms. The van der Waals surface area contributed by atoms with Gasteiger partial charge >= 0.3 is 0 Å². The summed E-state index contributed by atoms with van der Waals surface area (Å²) in [6.45, 7) is 2.11. The summed E-state index contributed by atoms with van der Waals surface area (Å²) in [7, 11) is 0. The van der Waals surface area contributed by atoms with Gasteiger partial charge in [0.05, 0.1) is 17.4 Å². The first-order valence-electron chi connectivity index (χ1n) is 4.99. The van der Waals surface area contributed by atoms with Crippen molar-refractivity contribution in [2.24, 2.45) is 0 Å². The molecule has 0 aliphatic rings. The lowest BCUT2D eigenvalue weighted by molar-refractivity contribution is 0.779. The van der Waals surface area contributed by atoms with E-state index in [1.165, 1.54) is 5.56 Å². The summed E-state index contributed by atoms with van der Waals surface area (Å²) in [5.41, 5.74) is 1.33. The molecule has 3 nitrogen and oxygen atoms in total. The van der Waals surface area contributed by atoms with Gasteiger partial charge in [-0.15, -0.1) is 0 Å². The van der Waals surface area contributed by atoms with E-state index >= 15 is 0 Å². The van der Waals surface area contributed by atoms with E-state index in [-0.39, 0.29) is 0 Å². The van der Waals surface area contributed by atoms with Crippen LogP contribution in [0.25, 0.3) is 0 Å². The smallest absolute Gasteiger partial charge is 0.222 e. The molecule has 5 heteroatoms. The molecule has 0 saturated heterocycles. The molecule has 0 aromatic carbocycles. The quantitative estimate of drug-likeness (QED) is 0.909. The van der Waals surface area contributed by atoms with Crippen molar-refractivity contribution < 1.29 is 0 Å². The topological polar surface area (TPSA) is 37.8 Å². The molecule has 0 fully saturated rings. The first kappa shape index (κ1) is 11.4. The second-order valence-electron chi connectivity index (χ2n) is 3.61. The summed E-state index contributed by atoms with van der Waals surface area (Å²) in [5, 5.41) is 8.02. The Morgan fingerprint density at radius 3 is 2.81 bits per heavy atom. The molecule has 0 amide bonds. The van der Waals surface area contributed by atoms with Gasteiger partial charge in [-0.3, -0.25) is 0 Å². The molecule has 0 saturated carbocycles. The Hall–Kier alpha value is -1.13. The Kier molecular flexibility index (Phi) is 3.74. The van der Waals surface area contributed by atoms with Crippen molar-refractivity contribution in [3.05, 3.63) is 39.8 Å². The van der Waals surface area contributed by atoms with Crippen LogP contribution in [0.3, 0.4) is 0 Å².